The average Bonchev–Trinajstić information content (AvgIpc) is 3.09. The first-order valence-electron chi connectivity index (χ1n) is 11.6. The van der Waals surface area contributed by atoms with Crippen molar-refractivity contribution in [3.63, 3.8) is 0 Å². The Morgan fingerprint density at radius 3 is 2.35 bits per heavy atom. The van der Waals surface area contributed by atoms with Crippen molar-refractivity contribution in [3.05, 3.63) is 59.8 Å². The van der Waals surface area contributed by atoms with Crippen LogP contribution in [0.1, 0.15) is 12.0 Å². The summed E-state index contributed by atoms with van der Waals surface area (Å²) in [7, 11) is 5.51. The molecule has 180 valence electrons. The number of para-hydroxylation sites is 1. The first kappa shape index (κ1) is 23.8. The third-order valence-corrected chi connectivity index (χ3v) is 6.16. The van der Waals surface area contributed by atoms with Gasteiger partial charge in [-0.05, 0) is 36.8 Å². The Balaban J connectivity index is 1.59. The second-order valence-corrected chi connectivity index (χ2v) is 8.59. The fourth-order valence-electron chi connectivity index (χ4n) is 4.26. The minimum atomic E-state index is -0.315. The SMILES string of the molecule is COc1ccccc1C1=C(Nc2ccc(N(C)C)cc2)C(=O)N(CCCN2CCOCC2)C1=O. The Kier molecular flexibility index (Phi) is 7.49. The van der Waals surface area contributed by atoms with Crippen LogP contribution in [0.25, 0.3) is 5.57 Å². The molecule has 2 aliphatic rings. The average molecular weight is 465 g/mol. The van der Waals surface area contributed by atoms with Crippen molar-refractivity contribution in [2.45, 2.75) is 6.42 Å². The zero-order valence-electron chi connectivity index (χ0n) is 20.0. The van der Waals surface area contributed by atoms with Gasteiger partial charge in [-0.2, -0.15) is 0 Å². The molecule has 2 aromatic rings. The van der Waals surface area contributed by atoms with Crippen molar-refractivity contribution in [2.75, 3.05) is 70.8 Å². The Morgan fingerprint density at radius 1 is 0.971 bits per heavy atom. The van der Waals surface area contributed by atoms with Crippen LogP contribution in [-0.4, -0.2) is 82.2 Å². The van der Waals surface area contributed by atoms with Crippen molar-refractivity contribution in [2.24, 2.45) is 0 Å². The molecule has 1 fully saturated rings. The number of anilines is 2. The number of nitrogens with zero attached hydrogens (tertiary/aromatic N) is 3. The number of imide groups is 1. The van der Waals surface area contributed by atoms with Crippen LogP contribution in [0.2, 0.25) is 0 Å². The van der Waals surface area contributed by atoms with Crippen molar-refractivity contribution in [3.8, 4) is 5.75 Å². The van der Waals surface area contributed by atoms with Crippen molar-refractivity contribution < 1.29 is 19.1 Å². The number of methoxy groups -OCH3 is 1. The van der Waals surface area contributed by atoms with Crippen LogP contribution in [-0.2, 0) is 14.3 Å². The van der Waals surface area contributed by atoms with Gasteiger partial charge < -0.3 is 19.7 Å². The molecule has 34 heavy (non-hydrogen) atoms. The zero-order chi connectivity index (χ0) is 24.1. The van der Waals surface area contributed by atoms with Gasteiger partial charge in [0, 0.05) is 57.2 Å². The van der Waals surface area contributed by atoms with Gasteiger partial charge in [0.25, 0.3) is 11.8 Å². The van der Waals surface area contributed by atoms with E-state index in [1.165, 1.54) is 4.90 Å². The molecule has 0 aliphatic carbocycles. The topological polar surface area (TPSA) is 74.3 Å². The molecule has 0 atom stereocenters. The highest BCUT2D eigenvalue weighted by Gasteiger charge is 2.40. The highest BCUT2D eigenvalue weighted by atomic mass is 16.5. The smallest absolute Gasteiger partial charge is 0.278 e. The number of ether oxygens (including phenoxy) is 2. The Labute approximate surface area is 200 Å². The molecule has 2 aliphatic heterocycles. The van der Waals surface area contributed by atoms with Crippen molar-refractivity contribution in [1.82, 2.24) is 9.80 Å². The number of carbonyl (C=O) groups excluding carboxylic acids is 2. The number of benzene rings is 2. The lowest BCUT2D eigenvalue weighted by molar-refractivity contribution is -0.136. The zero-order valence-corrected chi connectivity index (χ0v) is 20.0. The molecule has 0 unspecified atom stereocenters. The van der Waals surface area contributed by atoms with Crippen molar-refractivity contribution >= 4 is 28.8 Å². The summed E-state index contributed by atoms with van der Waals surface area (Å²) in [6, 6.07) is 15.0. The number of rotatable bonds is 9. The molecule has 8 nitrogen and oxygen atoms in total. The summed E-state index contributed by atoms with van der Waals surface area (Å²) in [4.78, 5) is 32.6. The maximum absolute atomic E-state index is 13.5. The number of hydrogen-bond donors (Lipinski definition) is 1. The molecular weight excluding hydrogens is 432 g/mol. The first-order chi connectivity index (χ1) is 16.5. The van der Waals surface area contributed by atoms with Crippen LogP contribution in [0.4, 0.5) is 11.4 Å². The summed E-state index contributed by atoms with van der Waals surface area (Å²) >= 11 is 0. The summed E-state index contributed by atoms with van der Waals surface area (Å²) in [5.74, 6) is -0.0652. The molecule has 1 saturated heterocycles. The molecule has 8 heteroatoms. The third-order valence-electron chi connectivity index (χ3n) is 6.16. The van der Waals surface area contributed by atoms with E-state index in [1.807, 2.05) is 61.5 Å². The van der Waals surface area contributed by atoms with E-state index in [0.29, 0.717) is 29.9 Å². The molecule has 1 N–H and O–H groups in total. The Bertz CT molecular complexity index is 1060. The molecule has 2 amide bonds. The lowest BCUT2D eigenvalue weighted by atomic mass is 10.0. The molecule has 0 aromatic heterocycles. The molecule has 0 spiro atoms. The fraction of sp³-hybridized carbons (Fsp3) is 0.385. The van der Waals surface area contributed by atoms with Crippen LogP contribution in [0.5, 0.6) is 5.75 Å². The number of morpholine rings is 1. The molecule has 0 bridgehead atoms. The summed E-state index contributed by atoms with van der Waals surface area (Å²) < 4.78 is 10.9. The normalized spacial score (nSPS) is 16.9. The standard InChI is InChI=1S/C26H32N4O4/c1-28(2)20-11-9-19(10-12-20)27-24-23(21-7-4-5-8-22(21)33-3)25(31)30(26(24)32)14-6-13-29-15-17-34-18-16-29/h4-5,7-12,27H,6,13-18H2,1-3H3. The molecule has 4 rings (SSSR count). The number of carbonyl (C=O) groups is 2. The maximum Gasteiger partial charge on any atom is 0.278 e. The van der Waals surface area contributed by atoms with Crippen molar-refractivity contribution in [1.29, 1.82) is 0 Å². The molecule has 0 saturated carbocycles. The fourth-order valence-corrected chi connectivity index (χ4v) is 4.26. The van der Waals surface area contributed by atoms with Gasteiger partial charge >= 0.3 is 0 Å². The van der Waals surface area contributed by atoms with Crippen LogP contribution in [0, 0.1) is 0 Å². The lowest BCUT2D eigenvalue weighted by Crippen LogP contribution is -2.39. The van der Waals surface area contributed by atoms with E-state index in [2.05, 4.69) is 10.2 Å². The molecule has 2 heterocycles. The highest BCUT2D eigenvalue weighted by Crippen LogP contribution is 2.35. The van der Waals surface area contributed by atoms with Gasteiger partial charge in [0.2, 0.25) is 0 Å². The van der Waals surface area contributed by atoms with Gasteiger partial charge in [0.15, 0.2) is 0 Å². The van der Waals surface area contributed by atoms with E-state index >= 15 is 0 Å². The summed E-state index contributed by atoms with van der Waals surface area (Å²) in [6.45, 7) is 4.38. The number of amides is 2. The quantitative estimate of drug-likeness (QED) is 0.572. The second-order valence-electron chi connectivity index (χ2n) is 8.59. The second kappa shape index (κ2) is 10.7. The summed E-state index contributed by atoms with van der Waals surface area (Å²) in [5, 5.41) is 3.22. The van der Waals surface area contributed by atoms with Gasteiger partial charge in [-0.1, -0.05) is 18.2 Å². The van der Waals surface area contributed by atoms with Gasteiger partial charge in [0.1, 0.15) is 11.4 Å². The minimum Gasteiger partial charge on any atom is -0.496 e. The summed E-state index contributed by atoms with van der Waals surface area (Å²) in [5.41, 5.74) is 3.00. The predicted octanol–water partition coefficient (Wildman–Crippen LogP) is 2.68. The first-order valence-corrected chi connectivity index (χ1v) is 11.6. The lowest BCUT2D eigenvalue weighted by Gasteiger charge is -2.27. The number of hydrogen-bond acceptors (Lipinski definition) is 7. The van der Waals surface area contributed by atoms with E-state index in [9.17, 15) is 9.59 Å². The molecule has 0 radical (unpaired) electrons. The highest BCUT2D eigenvalue weighted by molar-refractivity contribution is 6.37. The van der Waals surface area contributed by atoms with E-state index in [4.69, 9.17) is 9.47 Å². The van der Waals surface area contributed by atoms with Crippen LogP contribution in [0.3, 0.4) is 0 Å². The van der Waals surface area contributed by atoms with E-state index in [-0.39, 0.29) is 17.5 Å². The Morgan fingerprint density at radius 2 is 1.68 bits per heavy atom. The molecule has 2 aromatic carbocycles. The van der Waals surface area contributed by atoms with Crippen LogP contribution < -0.4 is 15.0 Å². The minimum absolute atomic E-state index is 0.276. The maximum atomic E-state index is 13.5. The van der Waals surface area contributed by atoms with Gasteiger partial charge in [-0.25, -0.2) is 0 Å². The predicted molar refractivity (Wildman–Crippen MR) is 133 cm³/mol. The summed E-state index contributed by atoms with van der Waals surface area (Å²) in [6.07, 6.45) is 0.710. The third kappa shape index (κ3) is 5.08. The Hall–Kier alpha value is -3.36. The van der Waals surface area contributed by atoms with Gasteiger partial charge in [0.05, 0.1) is 25.9 Å². The van der Waals surface area contributed by atoms with E-state index in [0.717, 1.165) is 44.2 Å². The molecular formula is C26H32N4O4. The largest absolute Gasteiger partial charge is 0.496 e. The van der Waals surface area contributed by atoms with E-state index in [1.54, 1.807) is 13.2 Å². The van der Waals surface area contributed by atoms with Gasteiger partial charge in [-0.15, -0.1) is 0 Å². The van der Waals surface area contributed by atoms with Gasteiger partial charge in [-0.3, -0.25) is 19.4 Å². The monoisotopic (exact) mass is 464 g/mol. The number of nitrogens with one attached hydrogen (secondary N) is 1. The van der Waals surface area contributed by atoms with Crippen LogP contribution >= 0.6 is 0 Å². The van der Waals surface area contributed by atoms with E-state index < -0.39 is 0 Å². The van der Waals surface area contributed by atoms with Crippen LogP contribution in [0.15, 0.2) is 54.2 Å².